The van der Waals surface area contributed by atoms with Crippen LogP contribution in [0.4, 0.5) is 17.3 Å². The molecule has 1 aromatic heterocycles. The molecule has 2 aromatic rings. The number of hydrogen-bond acceptors (Lipinski definition) is 8. The van der Waals surface area contributed by atoms with Crippen molar-refractivity contribution in [2.24, 2.45) is 0 Å². The summed E-state index contributed by atoms with van der Waals surface area (Å²) in [6.07, 6.45) is 10.2. The molecule has 36 heavy (non-hydrogen) atoms. The first-order valence-corrected chi connectivity index (χ1v) is 11.4. The van der Waals surface area contributed by atoms with Gasteiger partial charge in [-0.1, -0.05) is 18.7 Å². The molecule has 3 rings (SSSR count). The van der Waals surface area contributed by atoms with E-state index in [1.54, 1.807) is 37.6 Å². The fourth-order valence-electron chi connectivity index (χ4n) is 3.42. The zero-order chi connectivity index (χ0) is 26.1. The normalized spacial score (nSPS) is 14.0. The summed E-state index contributed by atoms with van der Waals surface area (Å²) >= 11 is 0. The maximum atomic E-state index is 12.1. The van der Waals surface area contributed by atoms with E-state index in [-0.39, 0.29) is 5.91 Å². The second-order valence-electron chi connectivity index (χ2n) is 8.03. The SMILES string of the molecule is C=CC(=O)Nc1cc(Nc2nccc(/C([NH2+]C)=C3\C=CC=CC3=N)n2)c(OC)cc1OCCN(C)C. The van der Waals surface area contributed by atoms with Crippen LogP contribution in [0.2, 0.25) is 0 Å². The number of carbonyl (C=O) groups is 1. The highest BCUT2D eigenvalue weighted by atomic mass is 16.5. The number of carbonyl (C=O) groups excluding carboxylic acids is 1. The van der Waals surface area contributed by atoms with E-state index in [9.17, 15) is 4.79 Å². The number of anilines is 3. The second kappa shape index (κ2) is 12.4. The van der Waals surface area contributed by atoms with Crippen LogP contribution in [0.5, 0.6) is 11.5 Å². The van der Waals surface area contributed by atoms with E-state index in [1.165, 1.54) is 6.08 Å². The van der Waals surface area contributed by atoms with Crippen LogP contribution in [0.25, 0.3) is 5.70 Å². The van der Waals surface area contributed by atoms with Gasteiger partial charge in [-0.05, 0) is 44.5 Å². The van der Waals surface area contributed by atoms with Crippen molar-refractivity contribution in [3.8, 4) is 11.5 Å². The fraction of sp³-hybridized carbons (Fsp3) is 0.231. The number of ether oxygens (including phenoxy) is 2. The molecule has 1 aliphatic rings. The lowest BCUT2D eigenvalue weighted by atomic mass is 10.0. The quantitative estimate of drug-likeness (QED) is 0.356. The molecule has 188 valence electrons. The van der Waals surface area contributed by atoms with Crippen LogP contribution in [0.15, 0.2) is 66.9 Å². The number of benzene rings is 1. The van der Waals surface area contributed by atoms with Crippen molar-refractivity contribution in [1.29, 1.82) is 5.41 Å². The number of methoxy groups -OCH3 is 1. The number of hydrogen-bond donors (Lipinski definition) is 4. The maximum absolute atomic E-state index is 12.1. The highest BCUT2D eigenvalue weighted by molar-refractivity contribution is 6.13. The van der Waals surface area contributed by atoms with Crippen molar-refractivity contribution in [3.05, 3.63) is 72.6 Å². The molecule has 1 aromatic carbocycles. The Hall–Kier alpha value is -4.28. The predicted octanol–water partition coefficient (Wildman–Crippen LogP) is 2.34. The third-order valence-electron chi connectivity index (χ3n) is 5.22. The molecule has 0 aliphatic heterocycles. The van der Waals surface area contributed by atoms with E-state index >= 15 is 0 Å². The predicted molar refractivity (Wildman–Crippen MR) is 142 cm³/mol. The molecule has 10 nitrogen and oxygen atoms in total. The highest BCUT2D eigenvalue weighted by Gasteiger charge is 2.18. The molecule has 0 spiro atoms. The van der Waals surface area contributed by atoms with Gasteiger partial charge in [0.1, 0.15) is 23.8 Å². The van der Waals surface area contributed by atoms with Crippen molar-refractivity contribution in [2.75, 3.05) is 52.0 Å². The first-order chi connectivity index (χ1) is 17.4. The van der Waals surface area contributed by atoms with Crippen molar-refractivity contribution >= 4 is 34.6 Å². The molecule has 0 atom stereocenters. The summed E-state index contributed by atoms with van der Waals surface area (Å²) in [7, 11) is 7.36. The standard InChI is InChI=1S/C26H31N7O3/c1-6-24(34)30-21-15-20(22(35-5)16-23(21)36-14-13-33(3)4)32-26-29-12-11-19(31-26)25(28-2)17-9-7-8-10-18(17)27/h6-12,15-16,27-28H,1,13-14H2,2-5H3,(H,30,34)(H,29,31,32)/p+1/b25-17-,27-18?. The number of nitrogens with two attached hydrogens (primary N) is 1. The number of likely N-dealkylation sites (N-methyl/N-ethyl adjacent to an activating group) is 1. The van der Waals surface area contributed by atoms with Crippen LogP contribution in [0, 0.1) is 5.41 Å². The van der Waals surface area contributed by atoms with Crippen LogP contribution >= 0.6 is 0 Å². The average Bonchev–Trinajstić information content (AvgIpc) is 2.86. The number of aromatic nitrogens is 2. The Morgan fingerprint density at radius 3 is 2.67 bits per heavy atom. The Morgan fingerprint density at radius 1 is 1.22 bits per heavy atom. The van der Waals surface area contributed by atoms with Gasteiger partial charge in [0.05, 0.1) is 36.8 Å². The summed E-state index contributed by atoms with van der Waals surface area (Å²) in [4.78, 5) is 23.1. The van der Waals surface area contributed by atoms with E-state index in [0.29, 0.717) is 53.4 Å². The van der Waals surface area contributed by atoms with Gasteiger partial charge in [0.15, 0.2) is 5.70 Å². The van der Waals surface area contributed by atoms with E-state index in [4.69, 9.17) is 14.9 Å². The van der Waals surface area contributed by atoms with Crippen LogP contribution in [0.1, 0.15) is 5.69 Å². The largest absolute Gasteiger partial charge is 0.494 e. The summed E-state index contributed by atoms with van der Waals surface area (Å²) in [5.74, 6) is 0.916. The smallest absolute Gasteiger partial charge is 0.247 e. The van der Waals surface area contributed by atoms with Crippen LogP contribution in [0.3, 0.4) is 0 Å². The Kier molecular flexibility index (Phi) is 9.09. The molecule has 1 heterocycles. The lowest BCUT2D eigenvalue weighted by molar-refractivity contribution is -0.531. The summed E-state index contributed by atoms with van der Waals surface area (Å²) in [6.45, 7) is 4.65. The highest BCUT2D eigenvalue weighted by Crippen LogP contribution is 2.37. The molecule has 0 unspecified atom stereocenters. The Morgan fingerprint density at radius 2 is 2.00 bits per heavy atom. The summed E-state index contributed by atoms with van der Waals surface area (Å²) in [5.41, 5.74) is 3.66. The van der Waals surface area contributed by atoms with Gasteiger partial charge < -0.3 is 35.7 Å². The number of allylic oxidation sites excluding steroid dienone is 5. The van der Waals surface area contributed by atoms with Crippen LogP contribution < -0.4 is 25.4 Å². The molecular weight excluding hydrogens is 458 g/mol. The van der Waals surface area contributed by atoms with Gasteiger partial charge in [-0.3, -0.25) is 4.79 Å². The van der Waals surface area contributed by atoms with Crippen LogP contribution in [-0.4, -0.2) is 67.9 Å². The van der Waals surface area contributed by atoms with Crippen molar-refractivity contribution in [3.63, 3.8) is 0 Å². The van der Waals surface area contributed by atoms with Crippen LogP contribution in [-0.2, 0) is 4.79 Å². The Balaban J connectivity index is 1.96. The van der Waals surface area contributed by atoms with E-state index in [1.807, 2.05) is 49.6 Å². The van der Waals surface area contributed by atoms with Gasteiger partial charge in [-0.2, -0.15) is 0 Å². The molecule has 5 N–H and O–H groups in total. The van der Waals surface area contributed by atoms with Gasteiger partial charge in [-0.15, -0.1) is 0 Å². The molecule has 0 saturated heterocycles. The van der Waals surface area contributed by atoms with E-state index in [2.05, 4.69) is 27.2 Å². The lowest BCUT2D eigenvalue weighted by Gasteiger charge is -2.18. The van der Waals surface area contributed by atoms with Gasteiger partial charge in [0.2, 0.25) is 11.9 Å². The lowest BCUT2D eigenvalue weighted by Crippen LogP contribution is -2.76. The minimum atomic E-state index is -0.367. The molecular formula is C26H32N7O3+. The summed E-state index contributed by atoms with van der Waals surface area (Å²) < 4.78 is 11.5. The molecule has 0 saturated carbocycles. The molecule has 1 aliphatic carbocycles. The van der Waals surface area contributed by atoms with Crippen molar-refractivity contribution < 1.29 is 19.6 Å². The van der Waals surface area contributed by atoms with E-state index in [0.717, 1.165) is 11.3 Å². The first-order valence-electron chi connectivity index (χ1n) is 11.4. The minimum absolute atomic E-state index is 0.329. The zero-order valence-electron chi connectivity index (χ0n) is 21.0. The molecule has 0 radical (unpaired) electrons. The number of quaternary nitrogens is 1. The summed E-state index contributed by atoms with van der Waals surface area (Å²) in [6, 6.07) is 5.20. The molecule has 1 amide bonds. The monoisotopic (exact) mass is 490 g/mol. The molecule has 0 bridgehead atoms. The minimum Gasteiger partial charge on any atom is -0.494 e. The molecule has 0 fully saturated rings. The van der Waals surface area contributed by atoms with Gasteiger partial charge >= 0.3 is 0 Å². The maximum Gasteiger partial charge on any atom is 0.247 e. The van der Waals surface area contributed by atoms with Crippen molar-refractivity contribution in [1.82, 2.24) is 14.9 Å². The Bertz CT molecular complexity index is 1230. The number of amides is 1. The molecule has 10 heteroatoms. The third kappa shape index (κ3) is 6.65. The van der Waals surface area contributed by atoms with E-state index < -0.39 is 0 Å². The Labute approximate surface area is 210 Å². The van der Waals surface area contributed by atoms with Gasteiger partial charge in [0.25, 0.3) is 0 Å². The second-order valence-corrected chi connectivity index (χ2v) is 8.03. The number of rotatable bonds is 11. The zero-order valence-corrected chi connectivity index (χ0v) is 21.0. The topological polar surface area (TPSA) is 129 Å². The summed E-state index contributed by atoms with van der Waals surface area (Å²) in [5, 5.41) is 16.1. The number of nitrogens with one attached hydrogen (secondary N) is 3. The fourth-order valence-corrected chi connectivity index (χ4v) is 3.42. The third-order valence-corrected chi connectivity index (χ3v) is 5.22. The first kappa shape index (κ1) is 26.3. The van der Waals surface area contributed by atoms with Gasteiger partial charge in [-0.25, -0.2) is 9.97 Å². The van der Waals surface area contributed by atoms with Crippen molar-refractivity contribution in [2.45, 2.75) is 0 Å². The number of nitrogens with zero attached hydrogens (tertiary/aromatic N) is 3. The van der Waals surface area contributed by atoms with Gasteiger partial charge in [0, 0.05) is 18.8 Å². The average molecular weight is 491 g/mol.